The van der Waals surface area contributed by atoms with Crippen LogP contribution in [0.4, 0.5) is 5.69 Å². The van der Waals surface area contributed by atoms with Crippen molar-refractivity contribution in [3.05, 3.63) is 63.5 Å². The maximum atomic E-state index is 11.9. The molecule has 0 atom stereocenters. The molecule has 0 aliphatic rings. The minimum absolute atomic E-state index is 0.0837. The second kappa shape index (κ2) is 5.12. The van der Waals surface area contributed by atoms with Gasteiger partial charge in [0.15, 0.2) is 5.58 Å². The van der Waals surface area contributed by atoms with E-state index >= 15 is 0 Å². The largest absolute Gasteiger partial charge is 0.417 e. The van der Waals surface area contributed by atoms with Crippen molar-refractivity contribution in [3.8, 4) is 0 Å². The third-order valence-corrected chi connectivity index (χ3v) is 2.92. The average molecular weight is 285 g/mol. The molecule has 2 aromatic heterocycles. The number of fused-ring (bicyclic) bond motifs is 1. The smallest absolute Gasteiger partial charge is 0.408 e. The van der Waals surface area contributed by atoms with E-state index in [2.05, 4.69) is 10.3 Å². The van der Waals surface area contributed by atoms with Gasteiger partial charge in [0.05, 0.1) is 5.52 Å². The van der Waals surface area contributed by atoms with E-state index in [1.165, 1.54) is 10.6 Å². The maximum Gasteiger partial charge on any atom is 0.417 e. The summed E-state index contributed by atoms with van der Waals surface area (Å²) >= 11 is 0. The molecule has 7 nitrogen and oxygen atoms in total. The number of nitrogens with zero attached hydrogens (tertiary/aromatic N) is 1. The van der Waals surface area contributed by atoms with Gasteiger partial charge in [-0.25, -0.2) is 4.79 Å². The summed E-state index contributed by atoms with van der Waals surface area (Å²) in [5.41, 5.74) is 1.17. The van der Waals surface area contributed by atoms with E-state index in [1.54, 1.807) is 36.5 Å². The fraction of sp³-hybridized carbons (Fsp3) is 0.0714. The van der Waals surface area contributed by atoms with Gasteiger partial charge in [-0.2, -0.15) is 0 Å². The van der Waals surface area contributed by atoms with Crippen LogP contribution in [0.1, 0.15) is 0 Å². The molecule has 1 amide bonds. The van der Waals surface area contributed by atoms with Gasteiger partial charge in [-0.1, -0.05) is 6.07 Å². The number of anilines is 1. The van der Waals surface area contributed by atoms with Crippen LogP contribution in [0.25, 0.3) is 11.1 Å². The summed E-state index contributed by atoms with van der Waals surface area (Å²) in [4.78, 5) is 37.0. The number of benzene rings is 1. The Hall–Kier alpha value is -3.09. The van der Waals surface area contributed by atoms with E-state index in [1.807, 2.05) is 0 Å². The van der Waals surface area contributed by atoms with Crippen molar-refractivity contribution in [3.63, 3.8) is 0 Å². The number of carbonyl (C=O) groups excluding carboxylic acids is 1. The predicted octanol–water partition coefficient (Wildman–Crippen LogP) is 0.921. The average Bonchev–Trinajstić information content (AvgIpc) is 2.80. The molecule has 2 heterocycles. The molecule has 7 heteroatoms. The van der Waals surface area contributed by atoms with Crippen LogP contribution in [-0.4, -0.2) is 15.5 Å². The molecule has 21 heavy (non-hydrogen) atoms. The molecule has 1 aromatic carbocycles. The van der Waals surface area contributed by atoms with Gasteiger partial charge in [0.25, 0.3) is 5.56 Å². The van der Waals surface area contributed by atoms with E-state index < -0.39 is 5.76 Å². The molecule has 3 rings (SSSR count). The molecule has 0 aliphatic heterocycles. The zero-order chi connectivity index (χ0) is 14.8. The van der Waals surface area contributed by atoms with Crippen molar-refractivity contribution in [1.82, 2.24) is 9.55 Å². The van der Waals surface area contributed by atoms with Crippen LogP contribution in [-0.2, 0) is 11.3 Å². The van der Waals surface area contributed by atoms with Crippen LogP contribution in [0, 0.1) is 0 Å². The lowest BCUT2D eigenvalue weighted by atomic mass is 10.3. The number of carbonyl (C=O) groups is 1. The summed E-state index contributed by atoms with van der Waals surface area (Å²) in [5.74, 6) is -0.891. The molecule has 0 saturated carbocycles. The van der Waals surface area contributed by atoms with E-state index in [4.69, 9.17) is 4.42 Å². The number of H-pyrrole nitrogens is 1. The van der Waals surface area contributed by atoms with Crippen LogP contribution < -0.4 is 16.6 Å². The second-order valence-electron chi connectivity index (χ2n) is 4.44. The van der Waals surface area contributed by atoms with Gasteiger partial charge in [-0.3, -0.25) is 14.6 Å². The molecule has 0 saturated heterocycles. The Morgan fingerprint density at radius 3 is 2.90 bits per heavy atom. The summed E-state index contributed by atoms with van der Waals surface area (Å²) < 4.78 is 6.17. The lowest BCUT2D eigenvalue weighted by Crippen LogP contribution is -2.26. The molecule has 0 bridgehead atoms. The second-order valence-corrected chi connectivity index (χ2v) is 4.44. The van der Waals surface area contributed by atoms with Gasteiger partial charge in [-0.05, 0) is 24.3 Å². The third kappa shape index (κ3) is 2.76. The van der Waals surface area contributed by atoms with Gasteiger partial charge < -0.3 is 14.3 Å². The van der Waals surface area contributed by atoms with Crippen LogP contribution >= 0.6 is 0 Å². The van der Waals surface area contributed by atoms with E-state index in [-0.39, 0.29) is 18.0 Å². The first-order valence-electron chi connectivity index (χ1n) is 6.20. The maximum absolute atomic E-state index is 11.9. The molecule has 0 radical (unpaired) electrons. The van der Waals surface area contributed by atoms with E-state index in [0.29, 0.717) is 16.8 Å². The Labute approximate surface area is 117 Å². The van der Waals surface area contributed by atoms with Gasteiger partial charge >= 0.3 is 5.76 Å². The van der Waals surface area contributed by atoms with Gasteiger partial charge in [0, 0.05) is 18.0 Å². The lowest BCUT2D eigenvalue weighted by molar-refractivity contribution is -0.116. The minimum atomic E-state index is -0.552. The number of nitrogens with one attached hydrogen (secondary N) is 2. The highest BCUT2D eigenvalue weighted by Gasteiger charge is 2.07. The number of amides is 1. The summed E-state index contributed by atoms with van der Waals surface area (Å²) in [6.07, 6.45) is 1.54. The predicted molar refractivity (Wildman–Crippen MR) is 76.2 cm³/mol. The first-order chi connectivity index (χ1) is 10.1. The van der Waals surface area contributed by atoms with Crippen LogP contribution in [0.5, 0.6) is 0 Å². The van der Waals surface area contributed by atoms with Crippen molar-refractivity contribution in [2.75, 3.05) is 5.32 Å². The highest BCUT2D eigenvalue weighted by Crippen LogP contribution is 2.15. The number of pyridine rings is 1. The Balaban J connectivity index is 1.78. The fourth-order valence-corrected chi connectivity index (χ4v) is 1.98. The lowest BCUT2D eigenvalue weighted by Gasteiger charge is -2.06. The van der Waals surface area contributed by atoms with E-state index in [0.717, 1.165) is 0 Å². The van der Waals surface area contributed by atoms with Crippen molar-refractivity contribution < 1.29 is 9.21 Å². The fourth-order valence-electron chi connectivity index (χ4n) is 1.98. The topological polar surface area (TPSA) is 97.1 Å². The molecule has 0 unspecified atom stereocenters. The standard InChI is InChI=1S/C14H11N3O4/c18-12(8-17-6-2-1-3-13(17)19)15-9-4-5-11-10(7-9)16-14(20)21-11/h1-7H,8H2,(H,15,18)(H,16,20). The van der Waals surface area contributed by atoms with Crippen molar-refractivity contribution >= 4 is 22.7 Å². The van der Waals surface area contributed by atoms with Crippen LogP contribution in [0.2, 0.25) is 0 Å². The normalized spacial score (nSPS) is 10.7. The number of hydrogen-bond acceptors (Lipinski definition) is 4. The monoisotopic (exact) mass is 285 g/mol. The van der Waals surface area contributed by atoms with Crippen molar-refractivity contribution in [1.29, 1.82) is 0 Å². The van der Waals surface area contributed by atoms with Crippen LogP contribution in [0.15, 0.2) is 56.6 Å². The zero-order valence-electron chi connectivity index (χ0n) is 10.8. The number of hydrogen-bond donors (Lipinski definition) is 2. The highest BCUT2D eigenvalue weighted by atomic mass is 16.4. The minimum Gasteiger partial charge on any atom is -0.408 e. The molecule has 2 N–H and O–H groups in total. The van der Waals surface area contributed by atoms with Crippen molar-refractivity contribution in [2.24, 2.45) is 0 Å². The first kappa shape index (κ1) is 12.9. The molecule has 3 aromatic rings. The molecular weight excluding hydrogens is 274 g/mol. The van der Waals surface area contributed by atoms with Gasteiger partial charge in [-0.15, -0.1) is 0 Å². The summed E-state index contributed by atoms with van der Waals surface area (Å²) in [6, 6.07) is 9.46. The highest BCUT2D eigenvalue weighted by molar-refractivity contribution is 5.92. The number of aromatic amines is 1. The van der Waals surface area contributed by atoms with Crippen LogP contribution in [0.3, 0.4) is 0 Å². The Bertz CT molecular complexity index is 919. The van der Waals surface area contributed by atoms with E-state index in [9.17, 15) is 14.4 Å². The molecule has 0 fully saturated rings. The Kier molecular flexibility index (Phi) is 3.15. The molecule has 0 aliphatic carbocycles. The summed E-state index contributed by atoms with van der Waals surface area (Å²) in [7, 11) is 0. The van der Waals surface area contributed by atoms with Gasteiger partial charge in [0.1, 0.15) is 6.54 Å². The molecule has 0 spiro atoms. The first-order valence-corrected chi connectivity index (χ1v) is 6.20. The SMILES string of the molecule is O=C(Cn1ccccc1=O)Nc1ccc2oc(=O)[nH]c2c1. The third-order valence-electron chi connectivity index (χ3n) is 2.92. The Morgan fingerprint density at radius 2 is 2.10 bits per heavy atom. The number of rotatable bonds is 3. The van der Waals surface area contributed by atoms with Crippen molar-refractivity contribution in [2.45, 2.75) is 6.54 Å². The van der Waals surface area contributed by atoms with Gasteiger partial charge in [0.2, 0.25) is 5.91 Å². The molecule has 106 valence electrons. The molecular formula is C14H11N3O4. The number of aromatic nitrogens is 2. The summed E-state index contributed by atoms with van der Waals surface area (Å²) in [6.45, 7) is -0.0837. The summed E-state index contributed by atoms with van der Waals surface area (Å²) in [5, 5.41) is 2.66. The Morgan fingerprint density at radius 1 is 1.24 bits per heavy atom. The quantitative estimate of drug-likeness (QED) is 0.747. The number of oxazole rings is 1. The zero-order valence-corrected chi connectivity index (χ0v) is 10.8.